The van der Waals surface area contributed by atoms with Crippen molar-refractivity contribution in [3.05, 3.63) is 29.0 Å². The predicted octanol–water partition coefficient (Wildman–Crippen LogP) is 3.75. The van der Waals surface area contributed by atoms with E-state index >= 15 is 0 Å². The SMILES string of the molecule is O=C(CCC1CCCC1)OCc1ccc(Cl)nc1. The van der Waals surface area contributed by atoms with E-state index in [0.29, 0.717) is 11.6 Å². The number of carbonyl (C=O) groups is 1. The van der Waals surface area contributed by atoms with Crippen LogP contribution in [0.4, 0.5) is 0 Å². The molecule has 1 heterocycles. The zero-order chi connectivity index (χ0) is 12.8. The molecule has 0 amide bonds. The van der Waals surface area contributed by atoms with Crippen molar-refractivity contribution in [1.82, 2.24) is 4.98 Å². The number of nitrogens with zero attached hydrogens (tertiary/aromatic N) is 1. The molecule has 0 bridgehead atoms. The summed E-state index contributed by atoms with van der Waals surface area (Å²) in [6.45, 7) is 0.285. The number of hydrogen-bond acceptors (Lipinski definition) is 3. The highest BCUT2D eigenvalue weighted by atomic mass is 35.5. The van der Waals surface area contributed by atoms with Crippen LogP contribution in [0, 0.1) is 5.92 Å². The lowest BCUT2D eigenvalue weighted by molar-refractivity contribution is -0.145. The van der Waals surface area contributed by atoms with Gasteiger partial charge >= 0.3 is 5.97 Å². The van der Waals surface area contributed by atoms with Gasteiger partial charge in [-0.25, -0.2) is 4.98 Å². The molecule has 1 aromatic rings. The van der Waals surface area contributed by atoms with Crippen LogP contribution in [0.1, 0.15) is 44.1 Å². The van der Waals surface area contributed by atoms with Gasteiger partial charge in [-0.2, -0.15) is 0 Å². The fourth-order valence-corrected chi connectivity index (χ4v) is 2.46. The Morgan fingerprint density at radius 1 is 1.39 bits per heavy atom. The molecule has 0 atom stereocenters. The van der Waals surface area contributed by atoms with Gasteiger partial charge in [-0.3, -0.25) is 4.79 Å². The maximum atomic E-state index is 11.6. The normalized spacial score (nSPS) is 15.8. The first-order valence-corrected chi connectivity index (χ1v) is 6.88. The smallest absolute Gasteiger partial charge is 0.306 e. The summed E-state index contributed by atoms with van der Waals surface area (Å²) in [4.78, 5) is 15.5. The number of ether oxygens (including phenoxy) is 1. The molecule has 0 unspecified atom stereocenters. The van der Waals surface area contributed by atoms with Crippen molar-refractivity contribution >= 4 is 17.6 Å². The summed E-state index contributed by atoms with van der Waals surface area (Å²) in [5, 5.41) is 0.450. The van der Waals surface area contributed by atoms with Gasteiger partial charge in [-0.15, -0.1) is 0 Å². The van der Waals surface area contributed by atoms with Crippen LogP contribution < -0.4 is 0 Å². The molecule has 1 aliphatic carbocycles. The molecule has 98 valence electrons. The van der Waals surface area contributed by atoms with Crippen LogP contribution in [0.25, 0.3) is 0 Å². The van der Waals surface area contributed by atoms with Gasteiger partial charge in [0.25, 0.3) is 0 Å². The molecule has 0 spiro atoms. The zero-order valence-corrected chi connectivity index (χ0v) is 11.2. The minimum Gasteiger partial charge on any atom is -0.461 e. The monoisotopic (exact) mass is 267 g/mol. The van der Waals surface area contributed by atoms with E-state index in [-0.39, 0.29) is 12.6 Å². The second kappa shape index (κ2) is 6.74. The summed E-state index contributed by atoms with van der Waals surface area (Å²) in [5.41, 5.74) is 0.869. The second-order valence-electron chi connectivity index (χ2n) is 4.84. The largest absolute Gasteiger partial charge is 0.461 e. The molecular formula is C14H18ClNO2. The third-order valence-electron chi connectivity index (χ3n) is 3.42. The Bertz CT molecular complexity index is 385. The first-order chi connectivity index (χ1) is 8.74. The fourth-order valence-electron chi connectivity index (χ4n) is 2.35. The lowest BCUT2D eigenvalue weighted by Crippen LogP contribution is -2.07. The lowest BCUT2D eigenvalue weighted by atomic mass is 10.0. The van der Waals surface area contributed by atoms with Crippen LogP contribution in [0.3, 0.4) is 0 Å². The molecule has 18 heavy (non-hydrogen) atoms. The number of carbonyl (C=O) groups excluding carboxylic acids is 1. The quantitative estimate of drug-likeness (QED) is 0.602. The Hall–Kier alpha value is -1.09. The van der Waals surface area contributed by atoms with Crippen molar-refractivity contribution in [2.45, 2.75) is 45.1 Å². The first kappa shape index (κ1) is 13.3. The Balaban J connectivity index is 1.66. The fraction of sp³-hybridized carbons (Fsp3) is 0.571. The van der Waals surface area contributed by atoms with Gasteiger partial charge in [0.1, 0.15) is 11.8 Å². The predicted molar refractivity (Wildman–Crippen MR) is 70.2 cm³/mol. The standard InChI is InChI=1S/C14H18ClNO2/c15-13-7-5-12(9-16-13)10-18-14(17)8-6-11-3-1-2-4-11/h5,7,9,11H,1-4,6,8,10H2. The highest BCUT2D eigenvalue weighted by Crippen LogP contribution is 2.28. The van der Waals surface area contributed by atoms with Crippen LogP contribution in [-0.2, 0) is 16.1 Å². The number of esters is 1. The van der Waals surface area contributed by atoms with E-state index in [1.165, 1.54) is 25.7 Å². The molecule has 1 saturated carbocycles. The van der Waals surface area contributed by atoms with Crippen molar-refractivity contribution in [3.63, 3.8) is 0 Å². The molecule has 4 heteroatoms. The lowest BCUT2D eigenvalue weighted by Gasteiger charge is -2.08. The summed E-state index contributed by atoms with van der Waals surface area (Å²) in [6, 6.07) is 3.52. The Kier molecular flexibility index (Phi) is 5.00. The van der Waals surface area contributed by atoms with E-state index in [4.69, 9.17) is 16.3 Å². The van der Waals surface area contributed by atoms with Gasteiger partial charge in [0.05, 0.1) is 0 Å². The summed E-state index contributed by atoms with van der Waals surface area (Å²) >= 11 is 5.68. The van der Waals surface area contributed by atoms with Crippen molar-refractivity contribution in [2.24, 2.45) is 5.92 Å². The number of halogens is 1. The third-order valence-corrected chi connectivity index (χ3v) is 3.64. The van der Waals surface area contributed by atoms with Crippen molar-refractivity contribution in [3.8, 4) is 0 Å². The number of aromatic nitrogens is 1. The van der Waals surface area contributed by atoms with E-state index in [9.17, 15) is 4.79 Å². The van der Waals surface area contributed by atoms with Gasteiger partial charge in [-0.1, -0.05) is 43.4 Å². The van der Waals surface area contributed by atoms with Crippen LogP contribution in [0.15, 0.2) is 18.3 Å². The Morgan fingerprint density at radius 3 is 2.83 bits per heavy atom. The molecule has 0 radical (unpaired) electrons. The van der Waals surface area contributed by atoms with E-state index in [1.807, 2.05) is 6.07 Å². The van der Waals surface area contributed by atoms with Crippen LogP contribution in [-0.4, -0.2) is 11.0 Å². The van der Waals surface area contributed by atoms with Crippen LogP contribution >= 0.6 is 11.6 Å². The molecule has 1 aliphatic rings. The molecule has 1 aromatic heterocycles. The van der Waals surface area contributed by atoms with Gasteiger partial charge in [0, 0.05) is 18.2 Å². The van der Waals surface area contributed by atoms with Crippen molar-refractivity contribution in [2.75, 3.05) is 0 Å². The topological polar surface area (TPSA) is 39.2 Å². The highest BCUT2D eigenvalue weighted by Gasteiger charge is 2.16. The second-order valence-corrected chi connectivity index (χ2v) is 5.23. The molecule has 0 N–H and O–H groups in total. The Labute approximate surface area is 113 Å². The minimum atomic E-state index is -0.114. The minimum absolute atomic E-state index is 0.114. The zero-order valence-electron chi connectivity index (χ0n) is 10.4. The van der Waals surface area contributed by atoms with E-state index in [2.05, 4.69) is 4.98 Å². The average molecular weight is 268 g/mol. The molecule has 0 aliphatic heterocycles. The molecule has 2 rings (SSSR count). The van der Waals surface area contributed by atoms with Crippen molar-refractivity contribution in [1.29, 1.82) is 0 Å². The molecule has 0 aromatic carbocycles. The van der Waals surface area contributed by atoms with E-state index < -0.39 is 0 Å². The summed E-state index contributed by atoms with van der Waals surface area (Å²) in [7, 11) is 0. The van der Waals surface area contributed by atoms with Crippen molar-refractivity contribution < 1.29 is 9.53 Å². The van der Waals surface area contributed by atoms with Gasteiger partial charge in [0.15, 0.2) is 0 Å². The number of pyridine rings is 1. The summed E-state index contributed by atoms with van der Waals surface area (Å²) < 4.78 is 5.21. The molecule has 1 fully saturated rings. The summed E-state index contributed by atoms with van der Waals surface area (Å²) in [6.07, 6.45) is 8.31. The number of rotatable bonds is 5. The molecule has 3 nitrogen and oxygen atoms in total. The van der Waals surface area contributed by atoms with E-state index in [0.717, 1.165) is 17.9 Å². The van der Waals surface area contributed by atoms with Crippen LogP contribution in [0.2, 0.25) is 5.15 Å². The third kappa shape index (κ3) is 4.30. The summed E-state index contributed by atoms with van der Waals surface area (Å²) in [5.74, 6) is 0.617. The van der Waals surface area contributed by atoms with Gasteiger partial charge < -0.3 is 4.74 Å². The van der Waals surface area contributed by atoms with Crippen LogP contribution in [0.5, 0.6) is 0 Å². The highest BCUT2D eigenvalue weighted by molar-refractivity contribution is 6.29. The Morgan fingerprint density at radius 2 is 2.17 bits per heavy atom. The molecular weight excluding hydrogens is 250 g/mol. The number of hydrogen-bond donors (Lipinski definition) is 0. The average Bonchev–Trinajstić information content (AvgIpc) is 2.89. The van der Waals surface area contributed by atoms with Gasteiger partial charge in [0.2, 0.25) is 0 Å². The van der Waals surface area contributed by atoms with Gasteiger partial charge in [-0.05, 0) is 18.4 Å². The maximum Gasteiger partial charge on any atom is 0.306 e. The maximum absolute atomic E-state index is 11.6. The van der Waals surface area contributed by atoms with E-state index in [1.54, 1.807) is 12.3 Å². The molecule has 0 saturated heterocycles. The first-order valence-electron chi connectivity index (χ1n) is 6.50.